The maximum absolute atomic E-state index is 5.45. The molecule has 2 aliphatic rings. The van der Waals surface area contributed by atoms with Crippen molar-refractivity contribution in [3.63, 3.8) is 0 Å². The Morgan fingerprint density at radius 2 is 1.90 bits per heavy atom. The molecule has 108 valence electrons. The normalized spacial score (nSPS) is 24.4. The summed E-state index contributed by atoms with van der Waals surface area (Å²) in [6, 6.07) is 18.1. The topological polar surface area (TPSA) is 12.5 Å². The van der Waals surface area contributed by atoms with Gasteiger partial charge in [0.05, 0.1) is 7.11 Å². The van der Waals surface area contributed by atoms with Crippen LogP contribution in [0.5, 0.6) is 5.75 Å². The molecule has 0 spiro atoms. The molecule has 21 heavy (non-hydrogen) atoms. The Morgan fingerprint density at radius 3 is 2.71 bits per heavy atom. The van der Waals surface area contributed by atoms with Crippen LogP contribution in [-0.2, 0) is 0 Å². The van der Waals surface area contributed by atoms with Gasteiger partial charge in [0.15, 0.2) is 0 Å². The highest BCUT2D eigenvalue weighted by molar-refractivity contribution is 5.46. The first kappa shape index (κ1) is 12.9. The Hall–Kier alpha value is -1.80. The molecule has 0 aliphatic carbocycles. The van der Waals surface area contributed by atoms with Crippen LogP contribution in [0.25, 0.3) is 0 Å². The fraction of sp³-hybridized carbons (Fsp3) is 0.368. The van der Waals surface area contributed by atoms with Gasteiger partial charge in [0, 0.05) is 18.5 Å². The maximum Gasteiger partial charge on any atom is 0.119 e. The second-order valence-electron chi connectivity index (χ2n) is 6.11. The summed E-state index contributed by atoms with van der Waals surface area (Å²) in [6.07, 6.45) is 2.59. The minimum Gasteiger partial charge on any atom is -0.497 e. The molecule has 0 bridgehead atoms. The molecule has 4 rings (SSSR count). The molecule has 1 saturated heterocycles. The van der Waals surface area contributed by atoms with Gasteiger partial charge in [-0.25, -0.2) is 0 Å². The molecular weight excluding hydrogens is 258 g/mol. The van der Waals surface area contributed by atoms with Crippen LogP contribution in [0.3, 0.4) is 0 Å². The quantitative estimate of drug-likeness (QED) is 0.824. The molecule has 2 nitrogen and oxygen atoms in total. The van der Waals surface area contributed by atoms with Gasteiger partial charge in [-0.3, -0.25) is 4.90 Å². The highest BCUT2D eigenvalue weighted by Crippen LogP contribution is 2.45. The summed E-state index contributed by atoms with van der Waals surface area (Å²) in [6.45, 7) is 2.37. The van der Waals surface area contributed by atoms with E-state index in [0.29, 0.717) is 12.0 Å². The molecule has 1 fully saturated rings. The van der Waals surface area contributed by atoms with Crippen LogP contribution in [-0.4, -0.2) is 25.1 Å². The minimum absolute atomic E-state index is 0.487. The van der Waals surface area contributed by atoms with E-state index in [-0.39, 0.29) is 0 Å². The third-order valence-electron chi connectivity index (χ3n) is 5.01. The van der Waals surface area contributed by atoms with Crippen molar-refractivity contribution in [1.82, 2.24) is 4.90 Å². The molecule has 2 aromatic carbocycles. The van der Waals surface area contributed by atoms with E-state index in [1.54, 1.807) is 7.11 Å². The number of fused-ring (bicyclic) bond motifs is 3. The van der Waals surface area contributed by atoms with Crippen molar-refractivity contribution in [3.05, 3.63) is 65.2 Å². The Labute approximate surface area is 126 Å². The third kappa shape index (κ3) is 2.14. The molecule has 2 atom stereocenters. The average Bonchev–Trinajstić information content (AvgIpc) is 3.03. The van der Waals surface area contributed by atoms with Crippen LogP contribution in [0.4, 0.5) is 0 Å². The first-order valence-electron chi connectivity index (χ1n) is 7.83. The number of benzene rings is 2. The van der Waals surface area contributed by atoms with Crippen LogP contribution in [0, 0.1) is 0 Å². The van der Waals surface area contributed by atoms with Crippen LogP contribution < -0.4 is 4.74 Å². The van der Waals surface area contributed by atoms with Crippen LogP contribution in [0.2, 0.25) is 0 Å². The predicted octanol–water partition coefficient (Wildman–Crippen LogP) is 3.98. The first-order chi connectivity index (χ1) is 10.4. The van der Waals surface area contributed by atoms with Gasteiger partial charge < -0.3 is 4.74 Å². The van der Waals surface area contributed by atoms with E-state index in [1.165, 1.54) is 36.1 Å². The molecule has 0 N–H and O–H groups in total. The van der Waals surface area contributed by atoms with Gasteiger partial charge in [0.25, 0.3) is 0 Å². The van der Waals surface area contributed by atoms with Gasteiger partial charge in [-0.15, -0.1) is 0 Å². The highest BCUT2D eigenvalue weighted by Gasteiger charge is 2.36. The van der Waals surface area contributed by atoms with E-state index >= 15 is 0 Å². The second kappa shape index (κ2) is 5.19. The van der Waals surface area contributed by atoms with Crippen LogP contribution >= 0.6 is 0 Å². The molecule has 2 heteroatoms. The summed E-state index contributed by atoms with van der Waals surface area (Å²) in [5.74, 6) is 1.47. The largest absolute Gasteiger partial charge is 0.497 e. The fourth-order valence-electron chi connectivity index (χ4n) is 3.99. The van der Waals surface area contributed by atoms with E-state index in [9.17, 15) is 0 Å². The maximum atomic E-state index is 5.45. The van der Waals surface area contributed by atoms with E-state index < -0.39 is 0 Å². The van der Waals surface area contributed by atoms with Gasteiger partial charge in [0.2, 0.25) is 0 Å². The van der Waals surface area contributed by atoms with E-state index in [1.807, 2.05) is 0 Å². The third-order valence-corrected chi connectivity index (χ3v) is 5.01. The monoisotopic (exact) mass is 279 g/mol. The minimum atomic E-state index is 0.487. The molecule has 2 heterocycles. The molecular formula is C19H21NO. The summed E-state index contributed by atoms with van der Waals surface area (Å²) < 4.78 is 5.45. The van der Waals surface area contributed by atoms with Crippen molar-refractivity contribution in [3.8, 4) is 5.75 Å². The molecule has 0 unspecified atom stereocenters. The van der Waals surface area contributed by atoms with Crippen molar-refractivity contribution in [2.75, 3.05) is 20.2 Å². The Balaban J connectivity index is 1.83. The number of hydrogen-bond donors (Lipinski definition) is 0. The highest BCUT2D eigenvalue weighted by atomic mass is 16.5. The number of nitrogens with zero attached hydrogens (tertiary/aromatic N) is 1. The van der Waals surface area contributed by atoms with Gasteiger partial charge in [-0.2, -0.15) is 0 Å². The summed E-state index contributed by atoms with van der Waals surface area (Å²) in [4.78, 5) is 2.65. The van der Waals surface area contributed by atoms with Crippen LogP contribution in [0.15, 0.2) is 48.5 Å². The fourth-order valence-corrected chi connectivity index (χ4v) is 3.99. The van der Waals surface area contributed by atoms with Crippen molar-refractivity contribution in [1.29, 1.82) is 0 Å². The average molecular weight is 279 g/mol. The second-order valence-corrected chi connectivity index (χ2v) is 6.11. The summed E-state index contributed by atoms with van der Waals surface area (Å²) in [5, 5.41) is 0. The molecule has 2 aromatic rings. The number of methoxy groups -OCH3 is 1. The van der Waals surface area contributed by atoms with Crippen molar-refractivity contribution in [2.45, 2.75) is 24.8 Å². The lowest BCUT2D eigenvalue weighted by Gasteiger charge is -2.37. The number of rotatable bonds is 2. The molecule has 0 radical (unpaired) electrons. The van der Waals surface area contributed by atoms with Gasteiger partial charge >= 0.3 is 0 Å². The van der Waals surface area contributed by atoms with Crippen molar-refractivity contribution >= 4 is 0 Å². The van der Waals surface area contributed by atoms with Crippen molar-refractivity contribution < 1.29 is 4.74 Å². The van der Waals surface area contributed by atoms with E-state index in [4.69, 9.17) is 4.74 Å². The predicted molar refractivity (Wildman–Crippen MR) is 84.8 cm³/mol. The lowest BCUT2D eigenvalue weighted by molar-refractivity contribution is 0.229. The number of ether oxygens (including phenoxy) is 1. The van der Waals surface area contributed by atoms with Crippen molar-refractivity contribution in [2.24, 2.45) is 0 Å². The smallest absolute Gasteiger partial charge is 0.119 e. The standard InChI is InChI=1S/C19H21NO/c1-21-15-9-10-16-17(12-15)19-8-5-11-20(19)13-18(16)14-6-3-2-4-7-14/h2-4,6-7,9-10,12,18-19H,5,8,11,13H2,1H3/t18-,19+/m0/s1. The molecule has 2 aliphatic heterocycles. The Bertz CT molecular complexity index is 637. The van der Waals surface area contributed by atoms with E-state index in [0.717, 1.165) is 12.3 Å². The first-order valence-corrected chi connectivity index (χ1v) is 7.83. The molecule has 0 aromatic heterocycles. The lowest BCUT2D eigenvalue weighted by atomic mass is 9.81. The van der Waals surface area contributed by atoms with Gasteiger partial charge in [-0.1, -0.05) is 36.4 Å². The zero-order valence-corrected chi connectivity index (χ0v) is 12.5. The summed E-state index contributed by atoms with van der Waals surface area (Å²) in [5.41, 5.74) is 4.39. The number of hydrogen-bond acceptors (Lipinski definition) is 2. The SMILES string of the molecule is COc1ccc2c(c1)[C@H]1CCCN1C[C@H]2c1ccccc1. The van der Waals surface area contributed by atoms with Gasteiger partial charge in [-0.05, 0) is 48.2 Å². The summed E-state index contributed by atoms with van der Waals surface area (Å²) in [7, 11) is 1.76. The Morgan fingerprint density at radius 1 is 1.05 bits per heavy atom. The zero-order chi connectivity index (χ0) is 14.2. The summed E-state index contributed by atoms with van der Waals surface area (Å²) >= 11 is 0. The molecule has 0 saturated carbocycles. The lowest BCUT2D eigenvalue weighted by Crippen LogP contribution is -2.34. The zero-order valence-electron chi connectivity index (χ0n) is 12.5. The Kier molecular flexibility index (Phi) is 3.19. The van der Waals surface area contributed by atoms with Crippen LogP contribution in [0.1, 0.15) is 41.5 Å². The van der Waals surface area contributed by atoms with E-state index in [2.05, 4.69) is 53.4 Å². The van der Waals surface area contributed by atoms with Gasteiger partial charge in [0.1, 0.15) is 5.75 Å². The molecule has 0 amide bonds.